The number of carbonyl (C=O) groups excluding carboxylic acids is 1. The van der Waals surface area contributed by atoms with E-state index in [2.05, 4.69) is 22.0 Å². The van der Waals surface area contributed by atoms with Crippen molar-refractivity contribution in [2.75, 3.05) is 20.7 Å². The number of rotatable bonds is 3. The zero-order chi connectivity index (χ0) is 15.9. The van der Waals surface area contributed by atoms with Gasteiger partial charge >= 0.3 is 0 Å². The van der Waals surface area contributed by atoms with Crippen LogP contribution in [0.25, 0.3) is 10.8 Å². The fourth-order valence-electron chi connectivity index (χ4n) is 2.79. The van der Waals surface area contributed by atoms with Crippen LogP contribution in [0, 0.1) is 0 Å². The lowest BCUT2D eigenvalue weighted by Gasteiger charge is -2.15. The second kappa shape index (κ2) is 5.89. The lowest BCUT2D eigenvalue weighted by atomic mass is 9.98. The lowest BCUT2D eigenvalue weighted by Crippen LogP contribution is -2.23. The van der Waals surface area contributed by atoms with Gasteiger partial charge in [0.2, 0.25) is 6.29 Å². The molecule has 0 fully saturated rings. The molecule has 3 rings (SSSR count). The van der Waals surface area contributed by atoms with Crippen molar-refractivity contribution in [1.82, 2.24) is 4.90 Å². The zero-order valence-corrected chi connectivity index (χ0v) is 14.4. The fraction of sp³-hybridized carbons (Fsp3) is 0.353. The maximum Gasteiger partial charge on any atom is 0.257 e. The molecule has 1 aliphatic rings. The summed E-state index contributed by atoms with van der Waals surface area (Å²) in [6, 6.07) is 7.98. The summed E-state index contributed by atoms with van der Waals surface area (Å²) in [6.07, 6.45) is 0.346. The van der Waals surface area contributed by atoms with Crippen molar-refractivity contribution in [2.24, 2.45) is 0 Å². The van der Waals surface area contributed by atoms with Gasteiger partial charge in [0.05, 0.1) is 5.56 Å². The molecule has 0 saturated heterocycles. The van der Waals surface area contributed by atoms with Gasteiger partial charge in [0.15, 0.2) is 0 Å². The van der Waals surface area contributed by atoms with Crippen molar-refractivity contribution < 1.29 is 14.3 Å². The van der Waals surface area contributed by atoms with Gasteiger partial charge in [-0.15, -0.1) is 0 Å². The third kappa shape index (κ3) is 2.59. The number of benzene rings is 2. The Balaban J connectivity index is 2.20. The first-order chi connectivity index (χ1) is 10.5. The van der Waals surface area contributed by atoms with Crippen molar-refractivity contribution in [3.05, 3.63) is 39.9 Å². The monoisotopic (exact) mass is 363 g/mol. The Morgan fingerprint density at radius 1 is 1.41 bits per heavy atom. The molecule has 0 radical (unpaired) electrons. The molecule has 1 amide bonds. The smallest absolute Gasteiger partial charge is 0.257 e. The Bertz CT molecular complexity index is 742. The minimum absolute atomic E-state index is 0.0599. The predicted octanol–water partition coefficient (Wildman–Crippen LogP) is 3.60. The summed E-state index contributed by atoms with van der Waals surface area (Å²) < 4.78 is 12.5. The van der Waals surface area contributed by atoms with Gasteiger partial charge in [-0.1, -0.05) is 22.0 Å². The van der Waals surface area contributed by atoms with Crippen LogP contribution in [0.2, 0.25) is 0 Å². The molecule has 0 saturated carbocycles. The zero-order valence-electron chi connectivity index (χ0n) is 12.9. The lowest BCUT2D eigenvalue weighted by molar-refractivity contribution is -0.0604. The number of ether oxygens (including phenoxy) is 2. The topological polar surface area (TPSA) is 38.8 Å². The second-order valence-corrected chi connectivity index (χ2v) is 6.42. The average Bonchev–Trinajstić information content (AvgIpc) is 2.89. The standard InChI is InChI=1S/C17H18BrNO3/c1-4-21-15-9-13-12-6-5-11(18)7-10(12)8-14(16(13)22-15)17(20)19(2)3/h5-8,15H,4,9H2,1-3H3. The Morgan fingerprint density at radius 3 is 2.86 bits per heavy atom. The molecule has 5 heteroatoms. The molecule has 0 aromatic heterocycles. The summed E-state index contributed by atoms with van der Waals surface area (Å²) >= 11 is 3.49. The highest BCUT2D eigenvalue weighted by atomic mass is 79.9. The largest absolute Gasteiger partial charge is 0.463 e. The summed E-state index contributed by atoms with van der Waals surface area (Å²) in [6.45, 7) is 2.52. The van der Waals surface area contributed by atoms with Gasteiger partial charge in [0.1, 0.15) is 5.75 Å². The Kier molecular flexibility index (Phi) is 4.10. The summed E-state index contributed by atoms with van der Waals surface area (Å²) in [7, 11) is 3.49. The maximum absolute atomic E-state index is 12.5. The number of carbonyl (C=O) groups is 1. The van der Waals surface area contributed by atoms with E-state index in [1.165, 1.54) is 0 Å². The second-order valence-electron chi connectivity index (χ2n) is 5.50. The molecular formula is C17H18BrNO3. The van der Waals surface area contributed by atoms with Crippen molar-refractivity contribution in [1.29, 1.82) is 0 Å². The third-order valence-electron chi connectivity index (χ3n) is 3.77. The van der Waals surface area contributed by atoms with Crippen molar-refractivity contribution in [2.45, 2.75) is 19.6 Å². The maximum atomic E-state index is 12.5. The molecule has 22 heavy (non-hydrogen) atoms. The van der Waals surface area contributed by atoms with E-state index in [1.807, 2.05) is 25.1 Å². The van der Waals surface area contributed by atoms with E-state index >= 15 is 0 Å². The van der Waals surface area contributed by atoms with Crippen molar-refractivity contribution >= 4 is 32.6 Å². The highest BCUT2D eigenvalue weighted by Crippen LogP contribution is 2.40. The van der Waals surface area contributed by atoms with Crippen LogP contribution in [0.5, 0.6) is 5.75 Å². The van der Waals surface area contributed by atoms with Crippen molar-refractivity contribution in [3.8, 4) is 5.75 Å². The van der Waals surface area contributed by atoms with Crippen LogP contribution in [-0.4, -0.2) is 37.8 Å². The van der Waals surface area contributed by atoms with Gasteiger partial charge in [-0.05, 0) is 35.9 Å². The summed E-state index contributed by atoms with van der Waals surface area (Å²) in [5, 5.41) is 2.13. The molecule has 116 valence electrons. The van der Waals surface area contributed by atoms with Crippen LogP contribution < -0.4 is 4.74 Å². The van der Waals surface area contributed by atoms with E-state index in [9.17, 15) is 4.79 Å². The van der Waals surface area contributed by atoms with E-state index < -0.39 is 0 Å². The highest BCUT2D eigenvalue weighted by molar-refractivity contribution is 9.10. The van der Waals surface area contributed by atoms with Crippen LogP contribution in [0.1, 0.15) is 22.8 Å². The molecule has 1 atom stereocenters. The number of hydrogen-bond acceptors (Lipinski definition) is 3. The number of fused-ring (bicyclic) bond motifs is 3. The summed E-state index contributed by atoms with van der Waals surface area (Å²) in [4.78, 5) is 14.1. The van der Waals surface area contributed by atoms with Crippen LogP contribution in [0.3, 0.4) is 0 Å². The molecule has 4 nitrogen and oxygen atoms in total. The van der Waals surface area contributed by atoms with E-state index in [4.69, 9.17) is 9.47 Å². The third-order valence-corrected chi connectivity index (χ3v) is 4.26. The number of halogens is 1. The van der Waals surface area contributed by atoms with Crippen LogP contribution >= 0.6 is 15.9 Å². The van der Waals surface area contributed by atoms with E-state index in [0.717, 1.165) is 20.8 Å². The Morgan fingerprint density at radius 2 is 2.18 bits per heavy atom. The normalized spacial score (nSPS) is 16.5. The first kappa shape index (κ1) is 15.3. The summed E-state index contributed by atoms with van der Waals surface area (Å²) in [5.74, 6) is 0.599. The minimum atomic E-state index is -0.317. The van der Waals surface area contributed by atoms with Gasteiger partial charge in [0.25, 0.3) is 5.91 Å². The molecule has 1 unspecified atom stereocenters. The highest BCUT2D eigenvalue weighted by Gasteiger charge is 2.30. The molecule has 0 N–H and O–H groups in total. The van der Waals surface area contributed by atoms with E-state index in [1.54, 1.807) is 19.0 Å². The Hall–Kier alpha value is -1.59. The van der Waals surface area contributed by atoms with Gasteiger partial charge in [-0.2, -0.15) is 0 Å². The summed E-state index contributed by atoms with van der Waals surface area (Å²) in [5.41, 5.74) is 1.64. The SMILES string of the molecule is CCOC1Cc2c(c(C(=O)N(C)C)cc3cc(Br)ccc23)O1. The molecule has 2 aromatic carbocycles. The first-order valence-corrected chi connectivity index (χ1v) is 8.05. The molecule has 1 aliphatic heterocycles. The molecule has 0 bridgehead atoms. The molecule has 1 heterocycles. The van der Waals surface area contributed by atoms with Crippen molar-refractivity contribution in [3.63, 3.8) is 0 Å². The predicted molar refractivity (Wildman–Crippen MR) is 89.4 cm³/mol. The van der Waals surface area contributed by atoms with Gasteiger partial charge < -0.3 is 14.4 Å². The number of nitrogens with zero attached hydrogens (tertiary/aromatic N) is 1. The molecular weight excluding hydrogens is 346 g/mol. The van der Waals surface area contributed by atoms with Gasteiger partial charge in [-0.25, -0.2) is 0 Å². The van der Waals surface area contributed by atoms with E-state index in [-0.39, 0.29) is 12.2 Å². The first-order valence-electron chi connectivity index (χ1n) is 7.26. The molecule has 0 aliphatic carbocycles. The van der Waals surface area contributed by atoms with Crippen LogP contribution in [0.4, 0.5) is 0 Å². The quantitative estimate of drug-likeness (QED) is 0.836. The van der Waals surface area contributed by atoms with Crippen LogP contribution in [0.15, 0.2) is 28.7 Å². The minimum Gasteiger partial charge on any atom is -0.463 e. The molecule has 2 aromatic rings. The number of hydrogen-bond donors (Lipinski definition) is 0. The fourth-order valence-corrected chi connectivity index (χ4v) is 3.17. The van der Waals surface area contributed by atoms with Gasteiger partial charge in [0, 0.05) is 37.2 Å². The van der Waals surface area contributed by atoms with Gasteiger partial charge in [-0.3, -0.25) is 4.79 Å². The molecule has 0 spiro atoms. The average molecular weight is 364 g/mol. The Labute approximate surface area is 138 Å². The van der Waals surface area contributed by atoms with E-state index in [0.29, 0.717) is 24.3 Å². The number of amides is 1. The van der Waals surface area contributed by atoms with Crippen LogP contribution in [-0.2, 0) is 11.2 Å².